The Balaban J connectivity index is 1.75. The molecule has 0 radical (unpaired) electrons. The number of nitrogens with one attached hydrogen (secondary N) is 1. The Labute approximate surface area is 159 Å². The Morgan fingerprint density at radius 2 is 1.85 bits per heavy atom. The Bertz CT molecular complexity index is 547. The van der Waals surface area contributed by atoms with Crippen LogP contribution in [0.25, 0.3) is 0 Å². The third-order valence-corrected chi connectivity index (χ3v) is 7.21. The summed E-state index contributed by atoms with van der Waals surface area (Å²) in [7, 11) is -3.30. The third-order valence-electron chi connectivity index (χ3n) is 5.83. The number of hydrogen-bond acceptors (Lipinski definition) is 5. The van der Waals surface area contributed by atoms with E-state index in [-0.39, 0.29) is 23.7 Å². The molecule has 1 amide bonds. The zero-order valence-corrected chi connectivity index (χ0v) is 17.4. The molecule has 1 N–H and O–H groups in total. The van der Waals surface area contributed by atoms with Crippen molar-refractivity contribution in [1.82, 2.24) is 19.4 Å². The van der Waals surface area contributed by atoms with Crippen molar-refractivity contribution in [1.29, 1.82) is 0 Å². The van der Waals surface area contributed by atoms with Crippen molar-refractivity contribution >= 4 is 15.9 Å². The molecule has 2 aliphatic heterocycles. The Morgan fingerprint density at radius 1 is 1.15 bits per heavy atom. The molecule has 0 spiro atoms. The Hall–Kier alpha value is -0.700. The minimum atomic E-state index is -3.30. The highest BCUT2D eigenvalue weighted by atomic mass is 32.2. The van der Waals surface area contributed by atoms with Crippen LogP contribution < -0.4 is 4.72 Å². The Kier molecular flexibility index (Phi) is 8.32. The van der Waals surface area contributed by atoms with E-state index in [0.29, 0.717) is 13.0 Å². The SMILES string of the molecule is CCN1CCN([C@H](C)CNS(=O)(=O)CC[C@H]2CCCCN2C(C)=O)CC1. The molecule has 2 rings (SSSR count). The van der Waals surface area contributed by atoms with Crippen LogP contribution in [0, 0.1) is 0 Å². The quantitative estimate of drug-likeness (QED) is 0.663. The molecule has 0 aliphatic carbocycles. The highest BCUT2D eigenvalue weighted by molar-refractivity contribution is 7.89. The van der Waals surface area contributed by atoms with Gasteiger partial charge in [-0.15, -0.1) is 0 Å². The highest BCUT2D eigenvalue weighted by Crippen LogP contribution is 2.20. The molecule has 0 saturated carbocycles. The van der Waals surface area contributed by atoms with Gasteiger partial charge in [-0.25, -0.2) is 13.1 Å². The van der Waals surface area contributed by atoms with Crippen LogP contribution >= 0.6 is 0 Å². The molecule has 26 heavy (non-hydrogen) atoms. The average Bonchev–Trinajstić information content (AvgIpc) is 2.65. The molecule has 2 heterocycles. The maximum absolute atomic E-state index is 12.4. The summed E-state index contributed by atoms with van der Waals surface area (Å²) < 4.78 is 27.6. The van der Waals surface area contributed by atoms with Gasteiger partial charge in [0.2, 0.25) is 15.9 Å². The van der Waals surface area contributed by atoms with E-state index in [1.807, 2.05) is 4.90 Å². The summed E-state index contributed by atoms with van der Waals surface area (Å²) in [5.41, 5.74) is 0. The standard InChI is InChI=1S/C18H36N4O3S/c1-4-20-10-12-21(13-11-20)16(2)15-19-26(24,25)14-8-18-7-5-6-9-22(18)17(3)23/h16,18-19H,4-15H2,1-3H3/t16-,18-/m1/s1. The summed E-state index contributed by atoms with van der Waals surface area (Å²) in [6, 6.07) is 0.268. The predicted octanol–water partition coefficient (Wildman–Crippen LogP) is 0.723. The van der Waals surface area contributed by atoms with Gasteiger partial charge in [0.1, 0.15) is 0 Å². The van der Waals surface area contributed by atoms with E-state index in [4.69, 9.17) is 0 Å². The van der Waals surface area contributed by atoms with Gasteiger partial charge in [0.05, 0.1) is 5.75 Å². The zero-order valence-electron chi connectivity index (χ0n) is 16.6. The van der Waals surface area contributed by atoms with E-state index in [9.17, 15) is 13.2 Å². The number of piperidine rings is 1. The molecule has 2 fully saturated rings. The van der Waals surface area contributed by atoms with Gasteiger partial charge < -0.3 is 9.80 Å². The lowest BCUT2D eigenvalue weighted by atomic mass is 10.00. The number of amides is 1. The van der Waals surface area contributed by atoms with Crippen molar-refractivity contribution in [2.75, 3.05) is 51.6 Å². The van der Waals surface area contributed by atoms with E-state index in [1.165, 1.54) is 0 Å². The molecule has 8 heteroatoms. The van der Waals surface area contributed by atoms with Gasteiger partial charge in [0.25, 0.3) is 0 Å². The van der Waals surface area contributed by atoms with Crippen LogP contribution in [0.4, 0.5) is 0 Å². The monoisotopic (exact) mass is 388 g/mol. The fourth-order valence-electron chi connectivity index (χ4n) is 3.98. The molecular formula is C18H36N4O3S. The average molecular weight is 389 g/mol. The van der Waals surface area contributed by atoms with E-state index >= 15 is 0 Å². The number of likely N-dealkylation sites (N-methyl/N-ethyl adjacent to an activating group) is 1. The molecule has 0 bridgehead atoms. The van der Waals surface area contributed by atoms with E-state index < -0.39 is 10.0 Å². The second kappa shape index (κ2) is 10.0. The molecule has 0 aromatic rings. The maximum atomic E-state index is 12.4. The van der Waals surface area contributed by atoms with Crippen molar-refractivity contribution in [2.24, 2.45) is 0 Å². The second-order valence-electron chi connectivity index (χ2n) is 7.64. The van der Waals surface area contributed by atoms with E-state index in [1.54, 1.807) is 6.92 Å². The lowest BCUT2D eigenvalue weighted by Gasteiger charge is -2.37. The first kappa shape index (κ1) is 21.6. The molecule has 0 aromatic carbocycles. The predicted molar refractivity (Wildman–Crippen MR) is 105 cm³/mol. The lowest BCUT2D eigenvalue weighted by molar-refractivity contribution is -0.132. The molecule has 2 aliphatic rings. The van der Waals surface area contributed by atoms with Crippen LogP contribution in [0.2, 0.25) is 0 Å². The van der Waals surface area contributed by atoms with Crippen LogP contribution in [0.15, 0.2) is 0 Å². The normalized spacial score (nSPS) is 24.6. The van der Waals surface area contributed by atoms with Crippen LogP contribution in [-0.4, -0.2) is 92.7 Å². The topological polar surface area (TPSA) is 73.0 Å². The van der Waals surface area contributed by atoms with Crippen molar-refractivity contribution in [3.05, 3.63) is 0 Å². The third kappa shape index (κ3) is 6.48. The van der Waals surface area contributed by atoms with Crippen LogP contribution in [0.5, 0.6) is 0 Å². The highest BCUT2D eigenvalue weighted by Gasteiger charge is 2.26. The smallest absolute Gasteiger partial charge is 0.219 e. The number of sulfonamides is 1. The lowest BCUT2D eigenvalue weighted by Crippen LogP contribution is -2.52. The van der Waals surface area contributed by atoms with Gasteiger partial charge in [-0.05, 0) is 39.2 Å². The van der Waals surface area contributed by atoms with E-state index in [0.717, 1.165) is 58.5 Å². The number of carbonyl (C=O) groups excluding carboxylic acids is 1. The summed E-state index contributed by atoms with van der Waals surface area (Å²) in [6.45, 7) is 12.2. The van der Waals surface area contributed by atoms with Gasteiger partial charge in [-0.1, -0.05) is 6.92 Å². The summed E-state index contributed by atoms with van der Waals surface area (Å²) in [5, 5.41) is 0. The molecule has 0 unspecified atom stereocenters. The summed E-state index contributed by atoms with van der Waals surface area (Å²) in [4.78, 5) is 18.3. The molecular weight excluding hydrogens is 352 g/mol. The molecule has 2 atom stereocenters. The largest absolute Gasteiger partial charge is 0.340 e. The number of hydrogen-bond donors (Lipinski definition) is 1. The number of likely N-dealkylation sites (tertiary alicyclic amines) is 1. The van der Waals surface area contributed by atoms with Crippen LogP contribution in [0.3, 0.4) is 0 Å². The molecule has 7 nitrogen and oxygen atoms in total. The second-order valence-corrected chi connectivity index (χ2v) is 9.56. The summed E-state index contributed by atoms with van der Waals surface area (Å²) >= 11 is 0. The number of carbonyl (C=O) groups is 1. The number of rotatable bonds is 8. The molecule has 0 aromatic heterocycles. The minimum absolute atomic E-state index is 0.0555. The molecule has 2 saturated heterocycles. The first-order valence-electron chi connectivity index (χ1n) is 10.0. The fraction of sp³-hybridized carbons (Fsp3) is 0.944. The van der Waals surface area contributed by atoms with Crippen molar-refractivity contribution in [3.63, 3.8) is 0 Å². The van der Waals surface area contributed by atoms with Crippen molar-refractivity contribution in [3.8, 4) is 0 Å². The van der Waals surface area contributed by atoms with Crippen LogP contribution in [0.1, 0.15) is 46.5 Å². The maximum Gasteiger partial charge on any atom is 0.219 e. The summed E-state index contributed by atoms with van der Waals surface area (Å²) in [5.74, 6) is 0.150. The van der Waals surface area contributed by atoms with Gasteiger partial charge in [0.15, 0.2) is 0 Å². The van der Waals surface area contributed by atoms with Crippen molar-refractivity contribution in [2.45, 2.75) is 58.5 Å². The van der Waals surface area contributed by atoms with Gasteiger partial charge in [-0.3, -0.25) is 9.69 Å². The number of nitrogens with zero attached hydrogens (tertiary/aromatic N) is 3. The minimum Gasteiger partial charge on any atom is -0.340 e. The van der Waals surface area contributed by atoms with Gasteiger partial charge >= 0.3 is 0 Å². The van der Waals surface area contributed by atoms with Gasteiger partial charge in [-0.2, -0.15) is 0 Å². The van der Waals surface area contributed by atoms with Crippen molar-refractivity contribution < 1.29 is 13.2 Å². The first-order chi connectivity index (χ1) is 12.3. The zero-order chi connectivity index (χ0) is 19.2. The molecule has 152 valence electrons. The Morgan fingerprint density at radius 3 is 2.46 bits per heavy atom. The van der Waals surface area contributed by atoms with E-state index in [2.05, 4.69) is 28.4 Å². The fourth-order valence-corrected chi connectivity index (χ4v) is 5.20. The number of piperazine rings is 1. The van der Waals surface area contributed by atoms with Gasteiger partial charge in [0, 0.05) is 58.3 Å². The first-order valence-corrected chi connectivity index (χ1v) is 11.7. The summed E-state index contributed by atoms with van der Waals surface area (Å²) in [6.07, 6.45) is 3.53. The van der Waals surface area contributed by atoms with Crippen LogP contribution in [-0.2, 0) is 14.8 Å².